The van der Waals surface area contributed by atoms with Gasteiger partial charge in [-0.25, -0.2) is 8.42 Å². The van der Waals surface area contributed by atoms with Gasteiger partial charge >= 0.3 is 0 Å². The number of sulfonamides is 1. The molecule has 0 saturated heterocycles. The topological polar surface area (TPSA) is 96.0 Å². The molecule has 0 fully saturated rings. The van der Waals surface area contributed by atoms with E-state index in [0.29, 0.717) is 33.5 Å². The summed E-state index contributed by atoms with van der Waals surface area (Å²) in [6.45, 7) is 3.15. The number of amides is 2. The Labute approximate surface area is 309 Å². The maximum atomic E-state index is 14.7. The Morgan fingerprint density at radius 3 is 1.98 bits per heavy atom. The molecule has 264 valence electrons. The van der Waals surface area contributed by atoms with Crippen LogP contribution in [0.5, 0.6) is 11.5 Å². The number of carbonyl (C=O) groups excluding carboxylic acids is 2. The van der Waals surface area contributed by atoms with Gasteiger partial charge in [0.2, 0.25) is 11.8 Å². The fourth-order valence-electron chi connectivity index (χ4n) is 5.38. The van der Waals surface area contributed by atoms with E-state index in [-0.39, 0.29) is 35.5 Å². The highest BCUT2D eigenvalue weighted by molar-refractivity contribution is 7.92. The second kappa shape index (κ2) is 17.4. The molecule has 0 spiro atoms. The van der Waals surface area contributed by atoms with Crippen molar-refractivity contribution in [3.8, 4) is 11.5 Å². The zero-order valence-corrected chi connectivity index (χ0v) is 30.6. The summed E-state index contributed by atoms with van der Waals surface area (Å²) in [4.78, 5) is 30.2. The molecule has 5 rings (SSSR count). The van der Waals surface area contributed by atoms with Gasteiger partial charge in [0.05, 0.1) is 10.6 Å². The van der Waals surface area contributed by atoms with Crippen LogP contribution in [0.2, 0.25) is 10.0 Å². The van der Waals surface area contributed by atoms with Crippen LogP contribution in [0.4, 0.5) is 5.69 Å². The lowest BCUT2D eigenvalue weighted by atomic mass is 10.0. The van der Waals surface area contributed by atoms with Gasteiger partial charge in [0, 0.05) is 29.1 Å². The zero-order chi connectivity index (χ0) is 36.4. The van der Waals surface area contributed by atoms with Crippen molar-refractivity contribution in [2.45, 2.75) is 50.2 Å². The monoisotopic (exact) mass is 743 g/mol. The molecule has 0 saturated carbocycles. The zero-order valence-electron chi connectivity index (χ0n) is 28.3. The van der Waals surface area contributed by atoms with Crippen LogP contribution in [0.15, 0.2) is 138 Å². The second-order valence-electron chi connectivity index (χ2n) is 12.0. The number of nitrogens with one attached hydrogen (secondary N) is 1. The van der Waals surface area contributed by atoms with Crippen LogP contribution in [0.1, 0.15) is 31.4 Å². The lowest BCUT2D eigenvalue weighted by Crippen LogP contribution is -2.54. The van der Waals surface area contributed by atoms with E-state index in [1.54, 1.807) is 60.7 Å². The SMILES string of the molecule is CC[C@@H](C)NC(=O)[C@H](Cc1ccccc1)N(Cc1ccc(Cl)cc1Cl)C(=O)CN(c1ccc(Oc2ccccc2)cc1)S(=O)(=O)c1ccccc1. The van der Waals surface area contributed by atoms with E-state index >= 15 is 0 Å². The van der Waals surface area contributed by atoms with Crippen LogP contribution >= 0.6 is 23.2 Å². The molecule has 2 amide bonds. The summed E-state index contributed by atoms with van der Waals surface area (Å²) in [7, 11) is -4.27. The van der Waals surface area contributed by atoms with Crippen molar-refractivity contribution in [2.24, 2.45) is 0 Å². The van der Waals surface area contributed by atoms with E-state index in [4.69, 9.17) is 27.9 Å². The number of ether oxygens (including phenoxy) is 1. The Morgan fingerprint density at radius 2 is 1.37 bits per heavy atom. The fraction of sp³-hybridized carbons (Fsp3) is 0.200. The van der Waals surface area contributed by atoms with Crippen molar-refractivity contribution in [1.29, 1.82) is 0 Å². The highest BCUT2D eigenvalue weighted by atomic mass is 35.5. The third-order valence-corrected chi connectivity index (χ3v) is 10.7. The van der Waals surface area contributed by atoms with Crippen molar-refractivity contribution < 1.29 is 22.7 Å². The van der Waals surface area contributed by atoms with Crippen molar-refractivity contribution >= 4 is 50.7 Å². The van der Waals surface area contributed by atoms with Gasteiger partial charge in [-0.1, -0.05) is 103 Å². The van der Waals surface area contributed by atoms with Crippen molar-refractivity contribution in [2.75, 3.05) is 10.8 Å². The van der Waals surface area contributed by atoms with Crippen molar-refractivity contribution in [3.05, 3.63) is 155 Å². The van der Waals surface area contributed by atoms with E-state index in [9.17, 15) is 18.0 Å². The molecule has 0 aromatic heterocycles. The van der Waals surface area contributed by atoms with Gasteiger partial charge in [-0.15, -0.1) is 0 Å². The Morgan fingerprint density at radius 1 is 0.784 bits per heavy atom. The minimum atomic E-state index is -4.27. The summed E-state index contributed by atoms with van der Waals surface area (Å²) < 4.78 is 35.6. The summed E-state index contributed by atoms with van der Waals surface area (Å²) in [5, 5.41) is 3.75. The normalized spacial score (nSPS) is 12.4. The quantitative estimate of drug-likeness (QED) is 0.116. The lowest BCUT2D eigenvalue weighted by Gasteiger charge is -2.34. The smallest absolute Gasteiger partial charge is 0.264 e. The highest BCUT2D eigenvalue weighted by Crippen LogP contribution is 2.30. The van der Waals surface area contributed by atoms with E-state index in [1.807, 2.05) is 74.5 Å². The number of nitrogens with zero attached hydrogens (tertiary/aromatic N) is 2. The van der Waals surface area contributed by atoms with Gasteiger partial charge in [0.15, 0.2) is 0 Å². The molecule has 0 radical (unpaired) electrons. The lowest BCUT2D eigenvalue weighted by molar-refractivity contribution is -0.140. The number of hydrogen-bond donors (Lipinski definition) is 1. The molecular formula is C40H39Cl2N3O5S. The maximum Gasteiger partial charge on any atom is 0.264 e. The maximum absolute atomic E-state index is 14.7. The Hall–Kier alpha value is -4.83. The minimum absolute atomic E-state index is 0.00468. The van der Waals surface area contributed by atoms with Gasteiger partial charge in [0.25, 0.3) is 10.0 Å². The summed E-state index contributed by atoms with van der Waals surface area (Å²) in [5.41, 5.74) is 1.61. The molecule has 0 heterocycles. The molecule has 1 N–H and O–H groups in total. The van der Waals surface area contributed by atoms with Crippen molar-refractivity contribution in [3.63, 3.8) is 0 Å². The van der Waals surface area contributed by atoms with Gasteiger partial charge in [-0.05, 0) is 85.1 Å². The summed E-state index contributed by atoms with van der Waals surface area (Å²) >= 11 is 12.8. The van der Waals surface area contributed by atoms with Gasteiger partial charge in [-0.3, -0.25) is 13.9 Å². The number of halogens is 2. The number of rotatable bonds is 15. The molecule has 2 atom stereocenters. The van der Waals surface area contributed by atoms with Gasteiger partial charge < -0.3 is 15.0 Å². The average Bonchev–Trinajstić information content (AvgIpc) is 3.14. The average molecular weight is 745 g/mol. The first-order chi connectivity index (χ1) is 24.5. The number of para-hydroxylation sites is 1. The third-order valence-electron chi connectivity index (χ3n) is 8.34. The Balaban J connectivity index is 1.57. The number of hydrogen-bond acceptors (Lipinski definition) is 5. The molecule has 5 aromatic carbocycles. The van der Waals surface area contributed by atoms with E-state index < -0.39 is 28.5 Å². The first kappa shape index (κ1) is 37.4. The fourth-order valence-corrected chi connectivity index (χ4v) is 7.29. The Kier molecular flexibility index (Phi) is 12.8. The first-order valence-corrected chi connectivity index (χ1v) is 18.7. The molecule has 11 heteroatoms. The first-order valence-electron chi connectivity index (χ1n) is 16.5. The molecule has 0 aliphatic rings. The standard InChI is InChI=1S/C40H39Cl2N3O5S/c1-3-29(2)43-40(47)38(25-30-13-7-4-8-14-30)44(27-31-19-20-32(41)26-37(31)42)39(46)28-45(51(48,49)36-17-11-6-12-18-36)33-21-23-35(24-22-33)50-34-15-9-5-10-16-34/h4-24,26,29,38H,3,25,27-28H2,1-2H3,(H,43,47)/t29-,38+/m1/s1. The van der Waals surface area contributed by atoms with Crippen LogP contribution in [0.25, 0.3) is 0 Å². The summed E-state index contributed by atoms with van der Waals surface area (Å²) in [6, 6.07) is 36.6. The molecule has 0 aliphatic heterocycles. The number of benzene rings is 5. The predicted molar refractivity (Wildman–Crippen MR) is 203 cm³/mol. The minimum Gasteiger partial charge on any atom is -0.457 e. The largest absolute Gasteiger partial charge is 0.457 e. The van der Waals surface area contributed by atoms with Crippen LogP contribution < -0.4 is 14.4 Å². The van der Waals surface area contributed by atoms with Crippen LogP contribution in [-0.2, 0) is 32.6 Å². The molecule has 0 aliphatic carbocycles. The molecule has 0 bridgehead atoms. The van der Waals surface area contributed by atoms with Crippen LogP contribution in [0, 0.1) is 0 Å². The Bertz CT molecular complexity index is 2020. The molecule has 8 nitrogen and oxygen atoms in total. The second-order valence-corrected chi connectivity index (χ2v) is 14.7. The molecule has 5 aromatic rings. The highest BCUT2D eigenvalue weighted by Gasteiger charge is 2.35. The van der Waals surface area contributed by atoms with E-state index in [0.717, 1.165) is 9.87 Å². The predicted octanol–water partition coefficient (Wildman–Crippen LogP) is 8.54. The summed E-state index contributed by atoms with van der Waals surface area (Å²) in [6.07, 6.45) is 0.852. The van der Waals surface area contributed by atoms with Crippen molar-refractivity contribution in [1.82, 2.24) is 10.2 Å². The van der Waals surface area contributed by atoms with E-state index in [2.05, 4.69) is 5.32 Å². The summed E-state index contributed by atoms with van der Waals surface area (Å²) in [5.74, 6) is 0.125. The molecular weight excluding hydrogens is 705 g/mol. The molecule has 0 unspecified atom stereocenters. The number of anilines is 1. The van der Waals surface area contributed by atoms with Gasteiger partial charge in [-0.2, -0.15) is 0 Å². The van der Waals surface area contributed by atoms with Crippen LogP contribution in [-0.4, -0.2) is 43.8 Å². The third kappa shape index (κ3) is 9.91. The van der Waals surface area contributed by atoms with Gasteiger partial charge in [0.1, 0.15) is 24.1 Å². The number of carbonyl (C=O) groups is 2. The molecule has 51 heavy (non-hydrogen) atoms. The van der Waals surface area contributed by atoms with E-state index in [1.165, 1.54) is 17.0 Å². The van der Waals surface area contributed by atoms with Crippen LogP contribution in [0.3, 0.4) is 0 Å².